The second-order valence-electron chi connectivity index (χ2n) is 12.0. The number of nitrogens with one attached hydrogen (secondary N) is 1. The van der Waals surface area contributed by atoms with E-state index in [2.05, 4.69) is 0 Å². The Hall–Kier alpha value is -3.70. The molecule has 21 nitrogen and oxygen atoms in total. The third kappa shape index (κ3) is 10.6. The van der Waals surface area contributed by atoms with Gasteiger partial charge in [-0.3, -0.25) is 24.4 Å². The van der Waals surface area contributed by atoms with Crippen LogP contribution in [0, 0.1) is 5.41 Å². The minimum atomic E-state index is -1.03. The number of hydrogen-bond acceptors (Lipinski definition) is 16. The lowest BCUT2D eigenvalue weighted by atomic mass is 9.97. The summed E-state index contributed by atoms with van der Waals surface area (Å²) in [7, 11) is 4.42. The highest BCUT2D eigenvalue weighted by molar-refractivity contribution is 5.77. The van der Waals surface area contributed by atoms with Crippen molar-refractivity contribution in [1.29, 1.82) is 0 Å². The second-order valence-corrected chi connectivity index (χ2v) is 12.0. The summed E-state index contributed by atoms with van der Waals surface area (Å²) >= 11 is 0. The molecule has 0 spiro atoms. The Morgan fingerprint density at radius 1 is 0.776 bits per heavy atom. The van der Waals surface area contributed by atoms with Crippen molar-refractivity contribution in [3.8, 4) is 0 Å². The Morgan fingerprint density at radius 2 is 1.35 bits per heavy atom. The number of esters is 2. The van der Waals surface area contributed by atoms with E-state index in [1.807, 2.05) is 28.6 Å². The second kappa shape index (κ2) is 18.9. The van der Waals surface area contributed by atoms with Gasteiger partial charge in [-0.1, -0.05) is 13.8 Å². The lowest BCUT2D eigenvalue weighted by Crippen LogP contribution is -2.49. The molecule has 3 heterocycles. The summed E-state index contributed by atoms with van der Waals surface area (Å²) in [6.07, 6.45) is -1.77. The summed E-state index contributed by atoms with van der Waals surface area (Å²) in [5.74, 6) is -1.50. The fraction of sp³-hybridized carbons (Fsp3) is 0.786. The van der Waals surface area contributed by atoms with E-state index in [0.717, 1.165) is 0 Å². The number of nitrogens with zero attached hydrogens (tertiary/aromatic N) is 6. The van der Waals surface area contributed by atoms with Crippen molar-refractivity contribution in [1.82, 2.24) is 33.7 Å². The molecule has 2 unspecified atom stereocenters. The molecular formula is C28H47N7O14. The summed E-state index contributed by atoms with van der Waals surface area (Å²) in [5.41, 5.74) is -3.51. The van der Waals surface area contributed by atoms with Gasteiger partial charge in [0.1, 0.15) is 45.9 Å². The first-order valence-electron chi connectivity index (χ1n) is 15.4. The van der Waals surface area contributed by atoms with Crippen molar-refractivity contribution in [3.63, 3.8) is 0 Å². The largest absolute Gasteiger partial charge is 0.463 e. The van der Waals surface area contributed by atoms with E-state index in [-0.39, 0.29) is 66.3 Å². The SMILES string of the molecule is COCCOC(=O)CCn1c(=O)[nH]c(=O)n(CCC(=O)OCOCN2C(=O)N(COC)C3C2N(COC)CN3COCC(C)(C)CO)c1=O. The number of hydrogen-bond donors (Lipinski definition) is 2. The van der Waals surface area contributed by atoms with Crippen molar-refractivity contribution in [2.24, 2.45) is 5.41 Å². The predicted molar refractivity (Wildman–Crippen MR) is 165 cm³/mol. The van der Waals surface area contributed by atoms with E-state index < -0.39 is 72.5 Å². The number of H-pyrrole nitrogens is 1. The lowest BCUT2D eigenvalue weighted by Gasteiger charge is -2.30. The highest BCUT2D eigenvalue weighted by Crippen LogP contribution is 2.33. The molecule has 2 fully saturated rings. The van der Waals surface area contributed by atoms with Crippen LogP contribution in [0.4, 0.5) is 4.79 Å². The van der Waals surface area contributed by atoms with Gasteiger partial charge in [0, 0.05) is 39.8 Å². The molecule has 2 amide bonds. The van der Waals surface area contributed by atoms with E-state index in [0.29, 0.717) is 15.8 Å². The Balaban J connectivity index is 1.56. The quantitative estimate of drug-likeness (QED) is 0.0711. The summed E-state index contributed by atoms with van der Waals surface area (Å²) < 4.78 is 38.1. The van der Waals surface area contributed by atoms with Crippen LogP contribution >= 0.6 is 0 Å². The monoisotopic (exact) mass is 705 g/mol. The molecule has 49 heavy (non-hydrogen) atoms. The van der Waals surface area contributed by atoms with Crippen LogP contribution in [0.25, 0.3) is 0 Å². The first-order chi connectivity index (χ1) is 23.4. The molecule has 2 saturated heterocycles. The number of carbonyl (C=O) groups excluding carboxylic acids is 3. The molecule has 2 atom stereocenters. The van der Waals surface area contributed by atoms with Crippen molar-refractivity contribution in [3.05, 3.63) is 31.5 Å². The zero-order chi connectivity index (χ0) is 36.1. The average Bonchev–Trinajstić information content (AvgIpc) is 3.53. The summed E-state index contributed by atoms with van der Waals surface area (Å²) in [4.78, 5) is 83.7. The number of ether oxygens (including phenoxy) is 7. The number of fused-ring (bicyclic) bond motifs is 1. The maximum absolute atomic E-state index is 13.4. The maximum atomic E-state index is 13.4. The molecule has 2 N–H and O–H groups in total. The fourth-order valence-electron chi connectivity index (χ4n) is 5.15. The molecule has 0 radical (unpaired) electrons. The van der Waals surface area contributed by atoms with Crippen LogP contribution < -0.4 is 17.1 Å². The highest BCUT2D eigenvalue weighted by atomic mass is 16.7. The Bertz CT molecular complexity index is 1430. The van der Waals surface area contributed by atoms with E-state index >= 15 is 0 Å². The van der Waals surface area contributed by atoms with Gasteiger partial charge in [-0.05, 0) is 0 Å². The number of aliphatic hydroxyl groups is 1. The first kappa shape index (κ1) is 39.7. The predicted octanol–water partition coefficient (Wildman–Crippen LogP) is -2.69. The van der Waals surface area contributed by atoms with Crippen LogP contribution in [0.2, 0.25) is 0 Å². The molecule has 0 bridgehead atoms. The van der Waals surface area contributed by atoms with Gasteiger partial charge in [0.2, 0.25) is 0 Å². The molecule has 0 aliphatic carbocycles. The average molecular weight is 706 g/mol. The molecule has 3 rings (SSSR count). The number of rotatable bonds is 22. The van der Waals surface area contributed by atoms with Crippen LogP contribution in [0.15, 0.2) is 14.4 Å². The molecule has 1 aromatic heterocycles. The highest BCUT2D eigenvalue weighted by Gasteiger charge is 2.55. The summed E-state index contributed by atoms with van der Waals surface area (Å²) in [6.45, 7) is 3.26. The summed E-state index contributed by atoms with van der Waals surface area (Å²) in [6, 6.07) is -0.401. The smallest absolute Gasteiger partial charge is 0.336 e. The number of carbonyl (C=O) groups is 3. The van der Waals surface area contributed by atoms with Gasteiger partial charge in [-0.15, -0.1) is 0 Å². The van der Waals surface area contributed by atoms with Crippen LogP contribution in [-0.4, -0.2) is 157 Å². The Kier molecular flexibility index (Phi) is 15.3. The fourth-order valence-corrected chi connectivity index (χ4v) is 5.15. The van der Waals surface area contributed by atoms with Crippen LogP contribution in [0.3, 0.4) is 0 Å². The van der Waals surface area contributed by atoms with Gasteiger partial charge in [-0.2, -0.15) is 0 Å². The molecule has 2 aliphatic rings. The van der Waals surface area contributed by atoms with Crippen molar-refractivity contribution < 1.29 is 52.6 Å². The zero-order valence-electron chi connectivity index (χ0n) is 28.5. The first-order valence-corrected chi connectivity index (χ1v) is 15.4. The molecular weight excluding hydrogens is 658 g/mol. The molecule has 2 aliphatic heterocycles. The minimum Gasteiger partial charge on any atom is -0.463 e. The third-order valence-corrected chi connectivity index (χ3v) is 7.58. The van der Waals surface area contributed by atoms with E-state index in [1.165, 1.54) is 31.1 Å². The number of methoxy groups -OCH3 is 3. The van der Waals surface area contributed by atoms with Crippen molar-refractivity contribution in [2.75, 3.05) is 88.1 Å². The number of aromatic amines is 1. The van der Waals surface area contributed by atoms with E-state index in [9.17, 15) is 33.9 Å². The molecule has 1 aromatic rings. The standard InChI is InChI=1S/C28H47N7O14/c1-28(2,12-36)13-46-16-31-14-30(15-44-4)22-23(31)34(17-45-5)27(42)35(22)18-47-19-49-21(38)7-9-33-25(40)29-24(39)32(26(33)41)8-6-20(37)48-11-10-43-3/h22-23,36H,6-19H2,1-5H3,(H,29,39,40). The number of urea groups is 1. The minimum absolute atomic E-state index is 0.000619. The lowest BCUT2D eigenvalue weighted by molar-refractivity contribution is -0.160. The van der Waals surface area contributed by atoms with Gasteiger partial charge >= 0.3 is 35.0 Å². The number of aromatic nitrogens is 3. The van der Waals surface area contributed by atoms with Gasteiger partial charge in [0.15, 0.2) is 6.79 Å². The van der Waals surface area contributed by atoms with Gasteiger partial charge in [-0.25, -0.2) is 38.1 Å². The summed E-state index contributed by atoms with van der Waals surface area (Å²) in [5, 5.41) is 9.56. The normalized spacial score (nSPS) is 18.4. The van der Waals surface area contributed by atoms with Crippen LogP contribution in [-0.2, 0) is 55.8 Å². The molecule has 278 valence electrons. The molecule has 0 aromatic carbocycles. The van der Waals surface area contributed by atoms with Crippen LogP contribution in [0.1, 0.15) is 26.7 Å². The number of amides is 2. The van der Waals surface area contributed by atoms with Gasteiger partial charge in [0.25, 0.3) is 0 Å². The van der Waals surface area contributed by atoms with E-state index in [1.54, 1.807) is 0 Å². The molecule has 0 saturated carbocycles. The van der Waals surface area contributed by atoms with Crippen molar-refractivity contribution >= 4 is 18.0 Å². The molecule has 21 heteroatoms. The third-order valence-electron chi connectivity index (χ3n) is 7.58. The van der Waals surface area contributed by atoms with Gasteiger partial charge in [0.05, 0.1) is 39.3 Å². The number of aliphatic hydroxyl groups excluding tert-OH is 1. The van der Waals surface area contributed by atoms with Gasteiger partial charge < -0.3 is 38.3 Å². The zero-order valence-corrected chi connectivity index (χ0v) is 28.5. The topological polar surface area (TPSA) is 226 Å². The van der Waals surface area contributed by atoms with E-state index in [4.69, 9.17) is 33.2 Å². The Morgan fingerprint density at radius 3 is 1.92 bits per heavy atom. The Labute approximate surface area is 281 Å². The maximum Gasteiger partial charge on any atom is 0.336 e. The van der Waals surface area contributed by atoms with Crippen molar-refractivity contribution in [2.45, 2.75) is 52.1 Å². The van der Waals surface area contributed by atoms with Crippen LogP contribution in [0.5, 0.6) is 0 Å².